The summed E-state index contributed by atoms with van der Waals surface area (Å²) < 4.78 is 0. The zero-order valence-electron chi connectivity index (χ0n) is 9.47. The van der Waals surface area contributed by atoms with Crippen molar-refractivity contribution >= 4 is 11.7 Å². The van der Waals surface area contributed by atoms with Crippen LogP contribution in [0, 0.1) is 11.3 Å². The molecule has 2 N–H and O–H groups in total. The summed E-state index contributed by atoms with van der Waals surface area (Å²) >= 11 is 0. The van der Waals surface area contributed by atoms with Gasteiger partial charge in [0.05, 0.1) is 0 Å². The molecular weight excluding hydrogens is 218 g/mol. The Morgan fingerprint density at radius 2 is 2.24 bits per heavy atom. The van der Waals surface area contributed by atoms with E-state index in [0.717, 1.165) is 12.8 Å². The van der Waals surface area contributed by atoms with E-state index in [1.165, 1.54) is 12.4 Å². The van der Waals surface area contributed by atoms with Crippen molar-refractivity contribution in [1.29, 1.82) is 5.26 Å². The van der Waals surface area contributed by atoms with E-state index in [4.69, 9.17) is 5.26 Å². The number of hydrogen-bond donors (Lipinski definition) is 2. The van der Waals surface area contributed by atoms with E-state index in [9.17, 15) is 4.79 Å². The molecule has 1 aliphatic rings. The Morgan fingerprint density at radius 3 is 2.88 bits per heavy atom. The predicted molar refractivity (Wildman–Crippen MR) is 61.0 cm³/mol. The van der Waals surface area contributed by atoms with Gasteiger partial charge < -0.3 is 10.6 Å². The zero-order chi connectivity index (χ0) is 12.3. The number of carbonyl (C=O) groups excluding carboxylic acids is 1. The van der Waals surface area contributed by atoms with Crippen LogP contribution in [0.5, 0.6) is 0 Å². The molecule has 1 atom stereocenters. The minimum atomic E-state index is -0.431. The highest BCUT2D eigenvalue weighted by Gasteiger charge is 2.25. The predicted octanol–water partition coefficient (Wildman–Crippen LogP) is 0.427. The summed E-state index contributed by atoms with van der Waals surface area (Å²) in [6, 6.07) is 1.82. The van der Waals surface area contributed by atoms with Gasteiger partial charge in [-0.1, -0.05) is 0 Å². The summed E-state index contributed by atoms with van der Waals surface area (Å²) in [6.45, 7) is 1.73. The standard InChI is InChI=1S/C11H13N5O/c1-7(11(17)16-8-2-3-8)15-10-9(6-12)13-4-5-14-10/h4-5,7-8H,2-3H2,1H3,(H,14,15)(H,16,17). The third-order valence-corrected chi connectivity index (χ3v) is 2.47. The Bertz CT molecular complexity index is 463. The van der Waals surface area contributed by atoms with E-state index in [0.29, 0.717) is 11.9 Å². The van der Waals surface area contributed by atoms with Crippen LogP contribution in [0.2, 0.25) is 0 Å². The number of rotatable bonds is 4. The molecule has 1 heterocycles. The highest BCUT2D eigenvalue weighted by molar-refractivity contribution is 5.84. The fourth-order valence-corrected chi connectivity index (χ4v) is 1.35. The van der Waals surface area contributed by atoms with Gasteiger partial charge in [-0.3, -0.25) is 4.79 Å². The maximum atomic E-state index is 11.7. The number of hydrogen-bond acceptors (Lipinski definition) is 5. The molecule has 1 unspecified atom stereocenters. The van der Waals surface area contributed by atoms with Crippen molar-refractivity contribution in [3.8, 4) is 6.07 Å². The number of carbonyl (C=O) groups is 1. The summed E-state index contributed by atoms with van der Waals surface area (Å²) in [4.78, 5) is 19.5. The summed E-state index contributed by atoms with van der Waals surface area (Å²) in [6.07, 6.45) is 5.02. The van der Waals surface area contributed by atoms with E-state index in [1.807, 2.05) is 6.07 Å². The number of amides is 1. The molecule has 0 radical (unpaired) electrons. The van der Waals surface area contributed by atoms with Crippen LogP contribution in [0.25, 0.3) is 0 Å². The number of nitrogens with one attached hydrogen (secondary N) is 2. The molecule has 6 heteroatoms. The van der Waals surface area contributed by atoms with Crippen molar-refractivity contribution in [2.45, 2.75) is 31.8 Å². The lowest BCUT2D eigenvalue weighted by Gasteiger charge is -2.14. The van der Waals surface area contributed by atoms with E-state index in [2.05, 4.69) is 20.6 Å². The highest BCUT2D eigenvalue weighted by Crippen LogP contribution is 2.19. The second-order valence-electron chi connectivity index (χ2n) is 4.01. The van der Waals surface area contributed by atoms with Crippen LogP contribution in [0.1, 0.15) is 25.5 Å². The van der Waals surface area contributed by atoms with Crippen molar-refractivity contribution < 1.29 is 4.79 Å². The van der Waals surface area contributed by atoms with E-state index in [1.54, 1.807) is 6.92 Å². The first-order chi connectivity index (χ1) is 8.20. The SMILES string of the molecule is CC(Nc1nccnc1C#N)C(=O)NC1CC1. The minimum absolute atomic E-state index is 0.0814. The quantitative estimate of drug-likeness (QED) is 0.784. The van der Waals surface area contributed by atoms with Crippen LogP contribution < -0.4 is 10.6 Å². The van der Waals surface area contributed by atoms with Gasteiger partial charge in [0.1, 0.15) is 12.1 Å². The molecule has 0 spiro atoms. The topological polar surface area (TPSA) is 90.7 Å². The molecule has 1 aromatic heterocycles. The van der Waals surface area contributed by atoms with Crippen LogP contribution in [0.4, 0.5) is 5.82 Å². The molecule has 1 fully saturated rings. The largest absolute Gasteiger partial charge is 0.356 e. The van der Waals surface area contributed by atoms with Gasteiger partial charge in [0, 0.05) is 18.4 Å². The monoisotopic (exact) mass is 231 g/mol. The lowest BCUT2D eigenvalue weighted by molar-refractivity contribution is -0.121. The van der Waals surface area contributed by atoms with Crippen LogP contribution >= 0.6 is 0 Å². The van der Waals surface area contributed by atoms with Gasteiger partial charge in [-0.25, -0.2) is 9.97 Å². The van der Waals surface area contributed by atoms with Crippen LogP contribution in [-0.4, -0.2) is 28.0 Å². The molecule has 88 valence electrons. The normalized spacial score (nSPS) is 15.8. The molecule has 2 rings (SSSR count). The molecule has 0 aliphatic heterocycles. The lowest BCUT2D eigenvalue weighted by Crippen LogP contribution is -2.39. The van der Waals surface area contributed by atoms with Gasteiger partial charge in [0.25, 0.3) is 0 Å². The van der Waals surface area contributed by atoms with Crippen molar-refractivity contribution in [3.05, 3.63) is 18.1 Å². The Kier molecular flexibility index (Phi) is 3.19. The molecule has 0 saturated heterocycles. The number of aromatic nitrogens is 2. The molecule has 1 aliphatic carbocycles. The van der Waals surface area contributed by atoms with E-state index >= 15 is 0 Å². The molecule has 0 aromatic carbocycles. The van der Waals surface area contributed by atoms with Gasteiger partial charge >= 0.3 is 0 Å². The van der Waals surface area contributed by atoms with Gasteiger partial charge in [0.2, 0.25) is 5.91 Å². The van der Waals surface area contributed by atoms with Gasteiger partial charge in [0.15, 0.2) is 11.5 Å². The smallest absolute Gasteiger partial charge is 0.242 e. The minimum Gasteiger partial charge on any atom is -0.356 e. The Morgan fingerprint density at radius 1 is 1.53 bits per heavy atom. The van der Waals surface area contributed by atoms with E-state index < -0.39 is 6.04 Å². The third kappa shape index (κ3) is 2.91. The van der Waals surface area contributed by atoms with Crippen molar-refractivity contribution in [2.24, 2.45) is 0 Å². The van der Waals surface area contributed by atoms with Gasteiger partial charge in [-0.05, 0) is 19.8 Å². The van der Waals surface area contributed by atoms with Gasteiger partial charge in [-0.2, -0.15) is 5.26 Å². The molecule has 1 amide bonds. The summed E-state index contributed by atoms with van der Waals surface area (Å²) in [5.74, 6) is 0.260. The summed E-state index contributed by atoms with van der Waals surface area (Å²) in [5, 5.41) is 14.6. The first-order valence-electron chi connectivity index (χ1n) is 5.48. The fourth-order valence-electron chi connectivity index (χ4n) is 1.35. The zero-order valence-corrected chi connectivity index (χ0v) is 9.47. The van der Waals surface area contributed by atoms with Crippen LogP contribution in [0.3, 0.4) is 0 Å². The Hall–Kier alpha value is -2.16. The summed E-state index contributed by atoms with van der Waals surface area (Å²) in [5.41, 5.74) is 0.193. The number of anilines is 1. The van der Waals surface area contributed by atoms with E-state index in [-0.39, 0.29) is 11.6 Å². The second-order valence-corrected chi connectivity index (χ2v) is 4.01. The number of nitriles is 1. The number of nitrogens with zero attached hydrogens (tertiary/aromatic N) is 3. The van der Waals surface area contributed by atoms with Crippen LogP contribution in [0.15, 0.2) is 12.4 Å². The summed E-state index contributed by atoms with van der Waals surface area (Å²) in [7, 11) is 0. The van der Waals surface area contributed by atoms with Gasteiger partial charge in [-0.15, -0.1) is 0 Å². The third-order valence-electron chi connectivity index (χ3n) is 2.47. The van der Waals surface area contributed by atoms with Crippen LogP contribution in [-0.2, 0) is 4.79 Å². The molecular formula is C11H13N5O. The average molecular weight is 231 g/mol. The molecule has 0 bridgehead atoms. The first kappa shape index (κ1) is 11.3. The Balaban J connectivity index is 1.99. The second kappa shape index (κ2) is 4.78. The van der Waals surface area contributed by atoms with Crippen molar-refractivity contribution in [1.82, 2.24) is 15.3 Å². The maximum Gasteiger partial charge on any atom is 0.242 e. The molecule has 6 nitrogen and oxygen atoms in total. The average Bonchev–Trinajstić information content (AvgIpc) is 3.13. The van der Waals surface area contributed by atoms with Crippen molar-refractivity contribution in [2.75, 3.05) is 5.32 Å². The first-order valence-corrected chi connectivity index (χ1v) is 5.48. The fraction of sp³-hybridized carbons (Fsp3) is 0.455. The molecule has 1 saturated carbocycles. The maximum absolute atomic E-state index is 11.7. The highest BCUT2D eigenvalue weighted by atomic mass is 16.2. The Labute approximate surface area is 99.1 Å². The molecule has 17 heavy (non-hydrogen) atoms. The molecule has 1 aromatic rings. The lowest BCUT2D eigenvalue weighted by atomic mass is 10.3. The van der Waals surface area contributed by atoms with Crippen molar-refractivity contribution in [3.63, 3.8) is 0 Å².